The van der Waals surface area contributed by atoms with E-state index in [1.807, 2.05) is 0 Å². The maximum atomic E-state index is 11.7. The molecule has 0 aliphatic carbocycles. The lowest BCUT2D eigenvalue weighted by Gasteiger charge is -2.02. The summed E-state index contributed by atoms with van der Waals surface area (Å²) in [6, 6.07) is 4.41. The number of halogens is 3. The normalized spacial score (nSPS) is 11.5. The maximum absolute atomic E-state index is 11.7. The van der Waals surface area contributed by atoms with Crippen molar-refractivity contribution < 1.29 is 13.2 Å². The second-order valence-corrected chi connectivity index (χ2v) is 1.64. The lowest BCUT2D eigenvalue weighted by atomic mass is 10.3. The maximum Gasteiger partial charge on any atom is 0.433 e. The van der Waals surface area contributed by atoms with Gasteiger partial charge in [-0.1, -0.05) is 0 Å². The molecule has 0 aliphatic rings. The molecule has 1 aromatic heterocycles. The summed E-state index contributed by atoms with van der Waals surface area (Å²) < 4.78 is 35.1. The first kappa shape index (κ1) is 7.05. The number of pyridine rings is 1. The molecule has 0 aromatic carbocycles. The Labute approximate surface area is 55.5 Å². The highest BCUT2D eigenvalue weighted by atomic mass is 19.4. The van der Waals surface area contributed by atoms with E-state index in [0.29, 0.717) is 0 Å². The van der Waals surface area contributed by atoms with Gasteiger partial charge < -0.3 is 0 Å². The van der Waals surface area contributed by atoms with Crippen LogP contribution in [0.2, 0.25) is 0 Å². The molecule has 1 nitrogen and oxygen atoms in total. The average molecular weight is 146 g/mol. The fourth-order valence-electron chi connectivity index (χ4n) is 0.480. The molecule has 0 saturated carbocycles. The van der Waals surface area contributed by atoms with Gasteiger partial charge >= 0.3 is 6.18 Å². The summed E-state index contributed by atoms with van der Waals surface area (Å²) in [4.78, 5) is 3.09. The van der Waals surface area contributed by atoms with Crippen LogP contribution in [0.4, 0.5) is 13.2 Å². The van der Waals surface area contributed by atoms with E-state index in [4.69, 9.17) is 0 Å². The van der Waals surface area contributed by atoms with Crippen LogP contribution in [0.5, 0.6) is 0 Å². The molecule has 0 saturated heterocycles. The lowest BCUT2D eigenvalue weighted by molar-refractivity contribution is -0.141. The Bertz CT molecular complexity index is 204. The number of hydrogen-bond donors (Lipinski definition) is 0. The Kier molecular flexibility index (Phi) is 1.61. The van der Waals surface area contributed by atoms with Crippen LogP contribution in [-0.4, -0.2) is 4.98 Å². The number of aromatic nitrogens is 1. The molecule has 0 unspecified atom stereocenters. The quantitative estimate of drug-likeness (QED) is 0.544. The fraction of sp³-hybridized carbons (Fsp3) is 0.167. The van der Waals surface area contributed by atoms with Crippen molar-refractivity contribution in [1.29, 1.82) is 0 Å². The molecule has 0 aliphatic heterocycles. The summed E-state index contributed by atoms with van der Waals surface area (Å²) in [6.07, 6.45) is -3.29. The first-order chi connectivity index (χ1) is 4.61. The predicted octanol–water partition coefficient (Wildman–Crippen LogP) is 1.90. The van der Waals surface area contributed by atoms with E-state index in [9.17, 15) is 13.2 Å². The second kappa shape index (κ2) is 2.28. The molecule has 0 fully saturated rings. The van der Waals surface area contributed by atoms with Gasteiger partial charge in [0, 0.05) is 6.20 Å². The van der Waals surface area contributed by atoms with Gasteiger partial charge in [0.2, 0.25) is 0 Å². The van der Waals surface area contributed by atoms with Gasteiger partial charge in [0.15, 0.2) is 0 Å². The molecule has 1 rings (SSSR count). The summed E-state index contributed by atoms with van der Waals surface area (Å²) >= 11 is 0. The molecule has 0 N–H and O–H groups in total. The first-order valence-corrected chi connectivity index (χ1v) is 2.50. The third-order valence-corrected chi connectivity index (χ3v) is 0.895. The van der Waals surface area contributed by atoms with Crippen LogP contribution >= 0.6 is 0 Å². The van der Waals surface area contributed by atoms with Gasteiger partial charge in [-0.05, 0) is 18.2 Å². The zero-order valence-electron chi connectivity index (χ0n) is 4.81. The molecule has 1 aromatic rings. The van der Waals surface area contributed by atoms with Gasteiger partial charge in [-0.2, -0.15) is 13.2 Å². The van der Waals surface area contributed by atoms with Gasteiger partial charge in [0.05, 0.1) is 0 Å². The Morgan fingerprint density at radius 3 is 2.40 bits per heavy atom. The average Bonchev–Trinajstić information content (AvgIpc) is 1.88. The van der Waals surface area contributed by atoms with Crippen molar-refractivity contribution in [2.75, 3.05) is 0 Å². The van der Waals surface area contributed by atoms with Crippen LogP contribution in [0.1, 0.15) is 5.69 Å². The topological polar surface area (TPSA) is 12.9 Å². The fourth-order valence-corrected chi connectivity index (χ4v) is 0.480. The molecule has 10 heavy (non-hydrogen) atoms. The van der Waals surface area contributed by atoms with Gasteiger partial charge in [-0.15, -0.1) is 0 Å². The molecular formula is C6H3F3N. The number of rotatable bonds is 0. The molecule has 0 spiro atoms. The highest BCUT2D eigenvalue weighted by Crippen LogP contribution is 2.26. The minimum absolute atomic E-state index is 0.806. The van der Waals surface area contributed by atoms with Crippen molar-refractivity contribution >= 4 is 0 Å². The van der Waals surface area contributed by atoms with Crippen LogP contribution in [0, 0.1) is 6.07 Å². The van der Waals surface area contributed by atoms with Gasteiger partial charge in [-0.3, -0.25) is 4.98 Å². The van der Waals surface area contributed by atoms with E-state index in [1.54, 1.807) is 0 Å². The highest BCUT2D eigenvalue weighted by Gasteiger charge is 2.31. The van der Waals surface area contributed by atoms with Crippen LogP contribution in [0.3, 0.4) is 0 Å². The number of alkyl halides is 3. The Balaban J connectivity index is 2.97. The standard InChI is InChI=1S/C6H3F3N/c7-6(8,9)5-3-1-2-4-10-5/h2-4H. The predicted molar refractivity (Wildman–Crippen MR) is 28.1 cm³/mol. The summed E-state index contributed by atoms with van der Waals surface area (Å²) in [7, 11) is 0. The minimum atomic E-state index is -4.35. The number of hydrogen-bond acceptors (Lipinski definition) is 1. The zero-order chi connectivity index (χ0) is 7.61. The highest BCUT2D eigenvalue weighted by molar-refractivity contribution is 5.05. The molecular weight excluding hydrogens is 143 g/mol. The Morgan fingerprint density at radius 1 is 1.40 bits per heavy atom. The molecule has 1 radical (unpaired) electrons. The molecule has 0 atom stereocenters. The van der Waals surface area contributed by atoms with Crippen LogP contribution in [-0.2, 0) is 6.18 Å². The summed E-state index contributed by atoms with van der Waals surface area (Å²) in [5.41, 5.74) is -0.907. The van der Waals surface area contributed by atoms with E-state index in [1.165, 1.54) is 6.07 Å². The van der Waals surface area contributed by atoms with E-state index in [2.05, 4.69) is 11.1 Å². The lowest BCUT2D eigenvalue weighted by Crippen LogP contribution is -2.06. The molecule has 53 valence electrons. The van der Waals surface area contributed by atoms with Crippen molar-refractivity contribution in [2.24, 2.45) is 0 Å². The monoisotopic (exact) mass is 146 g/mol. The van der Waals surface area contributed by atoms with E-state index in [0.717, 1.165) is 12.3 Å². The molecule has 4 heteroatoms. The van der Waals surface area contributed by atoms with Gasteiger partial charge in [0.1, 0.15) is 5.69 Å². The Morgan fingerprint density at radius 2 is 2.10 bits per heavy atom. The SMILES string of the molecule is FC(F)(F)c1c[c]ccn1. The van der Waals surface area contributed by atoms with E-state index in [-0.39, 0.29) is 0 Å². The second-order valence-electron chi connectivity index (χ2n) is 1.64. The van der Waals surface area contributed by atoms with Crippen LogP contribution in [0.15, 0.2) is 18.3 Å². The summed E-state index contributed by atoms with van der Waals surface area (Å²) in [5.74, 6) is 0. The van der Waals surface area contributed by atoms with Crippen molar-refractivity contribution in [3.05, 3.63) is 30.1 Å². The van der Waals surface area contributed by atoms with Crippen molar-refractivity contribution in [2.45, 2.75) is 6.18 Å². The number of nitrogens with zero attached hydrogens (tertiary/aromatic N) is 1. The van der Waals surface area contributed by atoms with Crippen molar-refractivity contribution in [1.82, 2.24) is 4.98 Å². The van der Waals surface area contributed by atoms with E-state index < -0.39 is 11.9 Å². The summed E-state index contributed by atoms with van der Waals surface area (Å²) in [5, 5.41) is 0. The van der Waals surface area contributed by atoms with Crippen molar-refractivity contribution in [3.63, 3.8) is 0 Å². The Hall–Kier alpha value is -1.06. The first-order valence-electron chi connectivity index (χ1n) is 2.50. The largest absolute Gasteiger partial charge is 0.433 e. The molecule has 0 amide bonds. The third-order valence-electron chi connectivity index (χ3n) is 0.895. The molecule has 1 heterocycles. The van der Waals surface area contributed by atoms with Crippen LogP contribution < -0.4 is 0 Å². The van der Waals surface area contributed by atoms with Gasteiger partial charge in [-0.25, -0.2) is 0 Å². The summed E-state index contributed by atoms with van der Waals surface area (Å²) in [6.45, 7) is 0. The molecule has 0 bridgehead atoms. The smallest absolute Gasteiger partial charge is 0.252 e. The zero-order valence-corrected chi connectivity index (χ0v) is 4.81. The third kappa shape index (κ3) is 1.46. The van der Waals surface area contributed by atoms with Gasteiger partial charge in [0.25, 0.3) is 0 Å². The van der Waals surface area contributed by atoms with E-state index >= 15 is 0 Å². The minimum Gasteiger partial charge on any atom is -0.252 e. The van der Waals surface area contributed by atoms with Crippen molar-refractivity contribution in [3.8, 4) is 0 Å². The van der Waals surface area contributed by atoms with Crippen LogP contribution in [0.25, 0.3) is 0 Å².